The molecule has 0 aliphatic carbocycles. The van der Waals surface area contributed by atoms with E-state index >= 15 is 0 Å². The van der Waals surface area contributed by atoms with E-state index in [2.05, 4.69) is 10.3 Å². The third-order valence-electron chi connectivity index (χ3n) is 3.99. The number of aliphatic carboxylic acids is 1. The summed E-state index contributed by atoms with van der Waals surface area (Å²) in [6, 6.07) is 13.7. The number of carbonyl (C=O) groups is 3. The number of nitrogens with one attached hydrogen (secondary N) is 1. The molecule has 2 aromatic rings. The molecule has 7 nitrogen and oxygen atoms in total. The Hall–Kier alpha value is -3.39. The molecule has 1 unspecified atom stereocenters. The van der Waals surface area contributed by atoms with Gasteiger partial charge in [0.05, 0.1) is 10.6 Å². The number of aliphatic imine (C=N–C) groups is 1. The van der Waals surface area contributed by atoms with Gasteiger partial charge in [0.1, 0.15) is 5.75 Å². The highest BCUT2D eigenvalue weighted by atomic mass is 32.2. The van der Waals surface area contributed by atoms with Crippen molar-refractivity contribution >= 4 is 46.4 Å². The summed E-state index contributed by atoms with van der Waals surface area (Å²) >= 11 is 1.15. The second kappa shape index (κ2) is 8.74. The average molecular weight is 410 g/mol. The van der Waals surface area contributed by atoms with Gasteiger partial charge in [-0.2, -0.15) is 0 Å². The second-order valence-electron chi connectivity index (χ2n) is 6.22. The van der Waals surface area contributed by atoms with Crippen molar-refractivity contribution in [1.82, 2.24) is 5.32 Å². The van der Waals surface area contributed by atoms with Gasteiger partial charge < -0.3 is 15.2 Å². The number of ether oxygens (including phenoxy) is 1. The number of ketones is 1. The first kappa shape index (κ1) is 20.3. The molecule has 1 aliphatic rings. The molecule has 0 saturated carbocycles. The van der Waals surface area contributed by atoms with Crippen LogP contribution in [0.2, 0.25) is 0 Å². The number of Topliss-reactive ketones (excluding diaryl/α,β-unsaturated/α-hetero) is 1. The molecular weight excluding hydrogens is 392 g/mol. The number of hydrogen-bond donors (Lipinski definition) is 2. The Kier molecular flexibility index (Phi) is 6.13. The van der Waals surface area contributed by atoms with Crippen LogP contribution in [0.15, 0.2) is 58.4 Å². The topological polar surface area (TPSA) is 105 Å². The van der Waals surface area contributed by atoms with Crippen LogP contribution in [0.3, 0.4) is 0 Å². The second-order valence-corrected chi connectivity index (χ2v) is 7.26. The lowest BCUT2D eigenvalue weighted by molar-refractivity contribution is -0.144. The lowest BCUT2D eigenvalue weighted by Crippen LogP contribution is -2.23. The summed E-state index contributed by atoms with van der Waals surface area (Å²) in [5.41, 5.74) is 1.68. The number of amides is 1. The van der Waals surface area contributed by atoms with Crippen molar-refractivity contribution in [2.75, 3.05) is 0 Å². The summed E-state index contributed by atoms with van der Waals surface area (Å²) in [7, 11) is 0. The lowest BCUT2D eigenvalue weighted by Gasteiger charge is -2.12. The number of carboxylic acids is 1. The van der Waals surface area contributed by atoms with Gasteiger partial charge in [-0.3, -0.25) is 9.59 Å². The normalized spacial score (nSPS) is 17.2. The van der Waals surface area contributed by atoms with Gasteiger partial charge in [0.15, 0.2) is 17.1 Å². The largest absolute Gasteiger partial charge is 0.479 e. The highest BCUT2D eigenvalue weighted by molar-refractivity contribution is 8.18. The molecule has 1 saturated heterocycles. The van der Waals surface area contributed by atoms with E-state index in [-0.39, 0.29) is 11.7 Å². The van der Waals surface area contributed by atoms with E-state index in [4.69, 9.17) is 9.84 Å². The number of benzene rings is 2. The van der Waals surface area contributed by atoms with Crippen molar-refractivity contribution in [3.63, 3.8) is 0 Å². The molecule has 1 heterocycles. The van der Waals surface area contributed by atoms with Crippen molar-refractivity contribution in [1.29, 1.82) is 0 Å². The summed E-state index contributed by atoms with van der Waals surface area (Å²) in [6.07, 6.45) is 0.601. The molecule has 29 heavy (non-hydrogen) atoms. The van der Waals surface area contributed by atoms with Gasteiger partial charge in [0.2, 0.25) is 0 Å². The first-order chi connectivity index (χ1) is 13.8. The van der Waals surface area contributed by atoms with Gasteiger partial charge in [-0.25, -0.2) is 9.79 Å². The quantitative estimate of drug-likeness (QED) is 0.557. The minimum Gasteiger partial charge on any atom is -0.479 e. The molecule has 2 aromatic carbocycles. The van der Waals surface area contributed by atoms with Gasteiger partial charge in [0, 0.05) is 11.1 Å². The van der Waals surface area contributed by atoms with Crippen LogP contribution in [0.1, 0.15) is 29.8 Å². The minimum absolute atomic E-state index is 0.0667. The van der Waals surface area contributed by atoms with Crippen molar-refractivity contribution < 1.29 is 24.2 Å². The number of nitrogens with zero attached hydrogens (tertiary/aromatic N) is 1. The fraction of sp³-hybridized carbons (Fsp3) is 0.143. The van der Waals surface area contributed by atoms with Crippen LogP contribution >= 0.6 is 11.8 Å². The Bertz CT molecular complexity index is 1040. The molecule has 0 bridgehead atoms. The molecule has 3 rings (SSSR count). The van der Waals surface area contributed by atoms with Crippen LogP contribution in [0.5, 0.6) is 5.75 Å². The van der Waals surface area contributed by atoms with Gasteiger partial charge >= 0.3 is 5.97 Å². The molecule has 2 N–H and O–H groups in total. The molecule has 0 aromatic heterocycles. The molecule has 1 amide bonds. The zero-order valence-corrected chi connectivity index (χ0v) is 16.5. The van der Waals surface area contributed by atoms with Gasteiger partial charge in [-0.05, 0) is 49.9 Å². The zero-order chi connectivity index (χ0) is 21.0. The van der Waals surface area contributed by atoms with Gasteiger partial charge in [-0.15, -0.1) is 0 Å². The smallest absolute Gasteiger partial charge is 0.344 e. The van der Waals surface area contributed by atoms with Crippen molar-refractivity contribution in [3.05, 3.63) is 64.6 Å². The summed E-state index contributed by atoms with van der Waals surface area (Å²) in [5, 5.41) is 12.1. The van der Waals surface area contributed by atoms with E-state index < -0.39 is 12.1 Å². The monoisotopic (exact) mass is 410 g/mol. The van der Waals surface area contributed by atoms with Gasteiger partial charge in [-0.1, -0.05) is 30.3 Å². The zero-order valence-electron chi connectivity index (χ0n) is 15.7. The Labute approximate surface area is 171 Å². The molecule has 148 valence electrons. The van der Waals surface area contributed by atoms with Crippen molar-refractivity contribution in [2.24, 2.45) is 4.99 Å². The maximum absolute atomic E-state index is 12.3. The number of hydrogen-bond acceptors (Lipinski definition) is 6. The number of carbonyl (C=O) groups excluding carboxylic acids is 2. The van der Waals surface area contributed by atoms with Crippen LogP contribution in [0, 0.1) is 0 Å². The number of rotatable bonds is 6. The fourth-order valence-corrected chi connectivity index (χ4v) is 3.31. The number of para-hydroxylation sites is 1. The molecular formula is C21H18N2O5S. The van der Waals surface area contributed by atoms with Crippen molar-refractivity contribution in [2.45, 2.75) is 20.0 Å². The number of carboxylic acid groups (broad SMARTS) is 1. The Balaban J connectivity index is 1.84. The van der Waals surface area contributed by atoms with E-state index in [0.717, 1.165) is 11.8 Å². The summed E-state index contributed by atoms with van der Waals surface area (Å²) in [4.78, 5) is 39.7. The maximum Gasteiger partial charge on any atom is 0.344 e. The minimum atomic E-state index is -1.08. The van der Waals surface area contributed by atoms with E-state index in [1.165, 1.54) is 13.8 Å². The Morgan fingerprint density at radius 2 is 1.97 bits per heavy atom. The van der Waals surface area contributed by atoms with Crippen LogP contribution < -0.4 is 10.1 Å². The van der Waals surface area contributed by atoms with Crippen molar-refractivity contribution in [3.8, 4) is 5.75 Å². The van der Waals surface area contributed by atoms with E-state index in [1.807, 2.05) is 0 Å². The molecule has 0 radical (unpaired) electrons. The standard InChI is InChI=1S/C21H18N2O5S/c1-12(24)14-7-5-8-16(10-14)22-21-23-19(25)18(29-21)11-15-6-3-4-9-17(15)28-13(2)20(26)27/h3-11,13H,1-2H3,(H,26,27)(H,22,23,25)/b18-11+. The van der Waals surface area contributed by atoms with E-state index in [1.54, 1.807) is 54.6 Å². The fourth-order valence-electron chi connectivity index (χ4n) is 2.48. The predicted octanol–water partition coefficient (Wildman–Crippen LogP) is 3.63. The van der Waals surface area contributed by atoms with E-state index in [9.17, 15) is 14.4 Å². The van der Waals surface area contributed by atoms with Crippen LogP contribution in [-0.2, 0) is 9.59 Å². The molecule has 8 heteroatoms. The molecule has 1 fully saturated rings. The molecule has 1 aliphatic heterocycles. The highest BCUT2D eigenvalue weighted by Gasteiger charge is 2.24. The first-order valence-electron chi connectivity index (χ1n) is 8.72. The van der Waals surface area contributed by atoms with Crippen LogP contribution in [-0.4, -0.2) is 34.0 Å². The predicted molar refractivity (Wildman–Crippen MR) is 111 cm³/mol. The highest BCUT2D eigenvalue weighted by Crippen LogP contribution is 2.31. The van der Waals surface area contributed by atoms with Gasteiger partial charge in [0.25, 0.3) is 5.91 Å². The maximum atomic E-state index is 12.3. The lowest BCUT2D eigenvalue weighted by atomic mass is 10.1. The summed E-state index contributed by atoms with van der Waals surface area (Å²) < 4.78 is 5.46. The Morgan fingerprint density at radius 1 is 1.21 bits per heavy atom. The van der Waals surface area contributed by atoms with Crippen LogP contribution in [0.25, 0.3) is 6.08 Å². The van der Waals surface area contributed by atoms with Crippen LogP contribution in [0.4, 0.5) is 5.69 Å². The summed E-state index contributed by atoms with van der Waals surface area (Å²) in [5.74, 6) is -1.11. The third kappa shape index (κ3) is 5.11. The van der Waals surface area contributed by atoms with E-state index in [0.29, 0.717) is 32.6 Å². The number of thioether (sulfide) groups is 1. The first-order valence-corrected chi connectivity index (χ1v) is 9.54. The Morgan fingerprint density at radius 3 is 2.69 bits per heavy atom. The average Bonchev–Trinajstić information content (AvgIpc) is 3.02. The number of amidine groups is 1. The third-order valence-corrected chi connectivity index (χ3v) is 4.90. The molecule has 0 spiro atoms. The molecule has 1 atom stereocenters. The summed E-state index contributed by atoms with van der Waals surface area (Å²) in [6.45, 7) is 2.91. The SMILES string of the molecule is CC(=O)c1cccc(N=C2NC(=O)/C(=C\c3ccccc3OC(C)C(=O)O)S2)c1.